The number of furan rings is 1. The van der Waals surface area contributed by atoms with Crippen molar-refractivity contribution in [2.24, 2.45) is 0 Å². The second-order valence-corrected chi connectivity index (χ2v) is 4.33. The van der Waals surface area contributed by atoms with Gasteiger partial charge in [-0.15, -0.1) is 0 Å². The molecule has 98 valence electrons. The Morgan fingerprint density at radius 1 is 1.61 bits per heavy atom. The molecule has 1 aliphatic rings. The van der Waals surface area contributed by atoms with E-state index < -0.39 is 16.8 Å². The van der Waals surface area contributed by atoms with Crippen LogP contribution in [-0.4, -0.2) is 42.0 Å². The maximum atomic E-state index is 11.7. The van der Waals surface area contributed by atoms with Crippen LogP contribution in [0.1, 0.15) is 23.4 Å². The second kappa shape index (κ2) is 5.18. The molecule has 0 amide bonds. The molecule has 7 heteroatoms. The van der Waals surface area contributed by atoms with Gasteiger partial charge in [0.1, 0.15) is 11.0 Å². The summed E-state index contributed by atoms with van der Waals surface area (Å²) >= 11 is 0. The third-order valence-corrected chi connectivity index (χ3v) is 2.83. The van der Waals surface area contributed by atoms with E-state index in [0.717, 1.165) is 25.5 Å². The van der Waals surface area contributed by atoms with E-state index in [4.69, 9.17) is 9.15 Å². The van der Waals surface area contributed by atoms with Crippen LogP contribution in [0, 0.1) is 10.1 Å². The van der Waals surface area contributed by atoms with E-state index in [2.05, 4.69) is 4.90 Å². The first kappa shape index (κ1) is 12.6. The number of hydrogen-bond donors (Lipinski definition) is 0. The minimum Gasteiger partial charge on any atom is -0.455 e. The molecule has 1 aliphatic heterocycles. The van der Waals surface area contributed by atoms with Crippen molar-refractivity contribution in [2.45, 2.75) is 18.9 Å². The summed E-state index contributed by atoms with van der Waals surface area (Å²) < 4.78 is 10.0. The fourth-order valence-electron chi connectivity index (χ4n) is 1.96. The number of likely N-dealkylation sites (N-methyl/N-ethyl adjacent to an activating group) is 1. The van der Waals surface area contributed by atoms with Crippen molar-refractivity contribution >= 4 is 11.9 Å². The van der Waals surface area contributed by atoms with E-state index in [9.17, 15) is 14.9 Å². The molecule has 1 fully saturated rings. The highest BCUT2D eigenvalue weighted by atomic mass is 16.7. The van der Waals surface area contributed by atoms with Gasteiger partial charge < -0.3 is 14.1 Å². The van der Waals surface area contributed by atoms with Crippen molar-refractivity contribution in [3.05, 3.63) is 28.0 Å². The monoisotopic (exact) mass is 254 g/mol. The van der Waals surface area contributed by atoms with E-state index in [1.165, 1.54) is 6.07 Å². The lowest BCUT2D eigenvalue weighted by Crippen LogP contribution is -2.38. The van der Waals surface area contributed by atoms with Crippen molar-refractivity contribution in [2.75, 3.05) is 20.1 Å². The molecule has 0 unspecified atom stereocenters. The Morgan fingerprint density at radius 3 is 3.00 bits per heavy atom. The SMILES string of the molecule is CN1CCC[C@H](OC(=O)c2ccc([N+](=O)[O-])o2)C1. The van der Waals surface area contributed by atoms with Gasteiger partial charge in [-0.1, -0.05) is 0 Å². The van der Waals surface area contributed by atoms with Crippen LogP contribution in [0.5, 0.6) is 0 Å². The van der Waals surface area contributed by atoms with E-state index in [1.54, 1.807) is 0 Å². The summed E-state index contributed by atoms with van der Waals surface area (Å²) in [4.78, 5) is 23.5. The summed E-state index contributed by atoms with van der Waals surface area (Å²) in [5.41, 5.74) is 0. The lowest BCUT2D eigenvalue weighted by molar-refractivity contribution is -0.402. The Hall–Kier alpha value is -1.89. The smallest absolute Gasteiger partial charge is 0.433 e. The van der Waals surface area contributed by atoms with Gasteiger partial charge >= 0.3 is 11.9 Å². The number of ether oxygens (including phenoxy) is 1. The standard InChI is InChI=1S/C11H14N2O5/c1-12-6-2-3-8(7-12)17-11(14)9-4-5-10(18-9)13(15)16/h4-5,8H,2-3,6-7H2,1H3/t8-/m0/s1. The zero-order chi connectivity index (χ0) is 13.1. The van der Waals surface area contributed by atoms with Gasteiger partial charge in [-0.05, 0) is 32.5 Å². The fourth-order valence-corrected chi connectivity index (χ4v) is 1.96. The molecule has 0 bridgehead atoms. The number of piperidine rings is 1. The van der Waals surface area contributed by atoms with Gasteiger partial charge in [0, 0.05) is 6.54 Å². The molecule has 1 aromatic heterocycles. The van der Waals surface area contributed by atoms with Crippen LogP contribution < -0.4 is 0 Å². The molecule has 2 heterocycles. The third kappa shape index (κ3) is 2.86. The first-order chi connectivity index (χ1) is 8.56. The van der Waals surface area contributed by atoms with Crippen LogP contribution in [0.25, 0.3) is 0 Å². The van der Waals surface area contributed by atoms with Gasteiger partial charge in [-0.25, -0.2) is 4.79 Å². The molecule has 0 radical (unpaired) electrons. The van der Waals surface area contributed by atoms with Crippen LogP contribution in [0.15, 0.2) is 16.5 Å². The van der Waals surface area contributed by atoms with E-state index >= 15 is 0 Å². The average molecular weight is 254 g/mol. The molecule has 7 nitrogen and oxygen atoms in total. The number of esters is 1. The predicted octanol–water partition coefficient (Wildman–Crippen LogP) is 1.44. The molecular formula is C11H14N2O5. The summed E-state index contributed by atoms with van der Waals surface area (Å²) in [7, 11) is 1.96. The molecule has 0 aromatic carbocycles. The minimum atomic E-state index is -0.689. The zero-order valence-electron chi connectivity index (χ0n) is 10.00. The fraction of sp³-hybridized carbons (Fsp3) is 0.545. The van der Waals surface area contributed by atoms with Gasteiger partial charge in [0.05, 0.1) is 6.07 Å². The molecule has 0 saturated carbocycles. The quantitative estimate of drug-likeness (QED) is 0.461. The van der Waals surface area contributed by atoms with E-state index in [-0.39, 0.29) is 11.9 Å². The number of hydrogen-bond acceptors (Lipinski definition) is 6. The Balaban J connectivity index is 1.96. The maximum Gasteiger partial charge on any atom is 0.433 e. The highest BCUT2D eigenvalue weighted by Crippen LogP contribution is 2.18. The number of nitro groups is 1. The highest BCUT2D eigenvalue weighted by molar-refractivity contribution is 5.86. The van der Waals surface area contributed by atoms with Gasteiger partial charge in [-0.2, -0.15) is 0 Å². The van der Waals surface area contributed by atoms with Gasteiger partial charge in [-0.3, -0.25) is 10.1 Å². The molecule has 18 heavy (non-hydrogen) atoms. The Labute approximate surface area is 103 Å². The Kier molecular flexibility index (Phi) is 3.61. The van der Waals surface area contributed by atoms with Crippen molar-refractivity contribution < 1.29 is 18.9 Å². The predicted molar refractivity (Wildman–Crippen MR) is 61.3 cm³/mol. The molecule has 0 N–H and O–H groups in total. The summed E-state index contributed by atoms with van der Waals surface area (Å²) in [6, 6.07) is 2.40. The largest absolute Gasteiger partial charge is 0.455 e. The lowest BCUT2D eigenvalue weighted by atomic mass is 10.1. The summed E-state index contributed by atoms with van der Waals surface area (Å²) in [5, 5.41) is 10.4. The summed E-state index contributed by atoms with van der Waals surface area (Å²) in [6.07, 6.45) is 1.59. The van der Waals surface area contributed by atoms with Crippen molar-refractivity contribution in [3.8, 4) is 0 Å². The number of rotatable bonds is 3. The normalized spacial score (nSPS) is 20.6. The van der Waals surface area contributed by atoms with E-state index in [0.29, 0.717) is 6.54 Å². The van der Waals surface area contributed by atoms with Crippen molar-refractivity contribution in [1.29, 1.82) is 0 Å². The van der Waals surface area contributed by atoms with Crippen LogP contribution >= 0.6 is 0 Å². The molecular weight excluding hydrogens is 240 g/mol. The van der Waals surface area contributed by atoms with Crippen LogP contribution in [0.2, 0.25) is 0 Å². The molecule has 0 spiro atoms. The molecule has 1 aromatic rings. The lowest BCUT2D eigenvalue weighted by Gasteiger charge is -2.28. The van der Waals surface area contributed by atoms with Crippen molar-refractivity contribution in [3.63, 3.8) is 0 Å². The van der Waals surface area contributed by atoms with Gasteiger partial charge in [0.25, 0.3) is 0 Å². The number of nitrogens with zero attached hydrogens (tertiary/aromatic N) is 2. The molecule has 1 saturated heterocycles. The number of likely N-dealkylation sites (tertiary alicyclic amines) is 1. The topological polar surface area (TPSA) is 85.8 Å². The van der Waals surface area contributed by atoms with Crippen LogP contribution in [-0.2, 0) is 4.74 Å². The summed E-state index contributed by atoms with van der Waals surface area (Å²) in [6.45, 7) is 1.66. The zero-order valence-corrected chi connectivity index (χ0v) is 10.00. The van der Waals surface area contributed by atoms with Crippen LogP contribution in [0.4, 0.5) is 5.88 Å². The van der Waals surface area contributed by atoms with Crippen LogP contribution in [0.3, 0.4) is 0 Å². The third-order valence-electron chi connectivity index (χ3n) is 2.83. The van der Waals surface area contributed by atoms with Gasteiger partial charge in [0.2, 0.25) is 5.76 Å². The minimum absolute atomic E-state index is 0.130. The molecule has 0 aliphatic carbocycles. The average Bonchev–Trinajstić information content (AvgIpc) is 2.78. The maximum absolute atomic E-state index is 11.7. The van der Waals surface area contributed by atoms with Crippen molar-refractivity contribution in [1.82, 2.24) is 4.90 Å². The Morgan fingerprint density at radius 2 is 2.39 bits per heavy atom. The number of carbonyl (C=O) groups is 1. The Bertz CT molecular complexity index is 456. The first-order valence-electron chi connectivity index (χ1n) is 5.70. The second-order valence-electron chi connectivity index (χ2n) is 4.33. The molecule has 2 rings (SSSR count). The van der Waals surface area contributed by atoms with E-state index in [1.807, 2.05) is 7.05 Å². The first-order valence-corrected chi connectivity index (χ1v) is 5.70. The highest BCUT2D eigenvalue weighted by Gasteiger charge is 2.24. The van der Waals surface area contributed by atoms with Gasteiger partial charge in [0.15, 0.2) is 0 Å². The number of carbonyl (C=O) groups excluding carboxylic acids is 1. The summed E-state index contributed by atoms with van der Waals surface area (Å²) in [5.74, 6) is -1.24. The molecule has 1 atom stereocenters.